The zero-order valence-corrected chi connectivity index (χ0v) is 15.7. The van der Waals surface area contributed by atoms with E-state index in [1.54, 1.807) is 13.2 Å². The third kappa shape index (κ3) is 3.50. The van der Waals surface area contributed by atoms with E-state index in [1.807, 2.05) is 12.1 Å². The van der Waals surface area contributed by atoms with Crippen LogP contribution in [0.15, 0.2) is 39.7 Å². The Kier molecular flexibility index (Phi) is 5.27. The van der Waals surface area contributed by atoms with Crippen LogP contribution in [0.2, 0.25) is 5.02 Å². The second kappa shape index (κ2) is 7.25. The highest BCUT2D eigenvalue weighted by Gasteiger charge is 2.34. The first-order valence-electron chi connectivity index (χ1n) is 7.81. The number of hydrogen-bond acceptors (Lipinski definition) is 4. The van der Waals surface area contributed by atoms with Crippen LogP contribution in [-0.2, 0) is 17.2 Å². The lowest BCUT2D eigenvalue weighted by atomic mass is 9.74. The van der Waals surface area contributed by atoms with Crippen molar-refractivity contribution in [1.82, 2.24) is 9.78 Å². The van der Waals surface area contributed by atoms with Crippen molar-refractivity contribution in [1.29, 1.82) is 0 Å². The number of nitrogens with zero attached hydrogens (tertiary/aromatic N) is 2. The molecule has 0 radical (unpaired) electrons. The molecule has 0 amide bonds. The number of benzene rings is 1. The zero-order chi connectivity index (χ0) is 17.2. The summed E-state index contributed by atoms with van der Waals surface area (Å²) in [5, 5.41) is 8.20. The predicted octanol–water partition coefficient (Wildman–Crippen LogP) is 3.36. The van der Waals surface area contributed by atoms with Gasteiger partial charge < -0.3 is 10.1 Å². The molecule has 3 rings (SSSR count). The van der Waals surface area contributed by atoms with Gasteiger partial charge in [0.05, 0.1) is 11.9 Å². The summed E-state index contributed by atoms with van der Waals surface area (Å²) in [6, 6.07) is 7.99. The first-order valence-corrected chi connectivity index (χ1v) is 8.98. The Balaban J connectivity index is 1.87. The number of ether oxygens (including phenoxy) is 1. The molecule has 1 aromatic carbocycles. The van der Waals surface area contributed by atoms with Crippen LogP contribution in [0.1, 0.15) is 18.4 Å². The number of hydrogen-bond donors (Lipinski definition) is 1. The summed E-state index contributed by atoms with van der Waals surface area (Å²) in [6.45, 7) is 2.14. The van der Waals surface area contributed by atoms with Crippen LogP contribution in [0.5, 0.6) is 0 Å². The van der Waals surface area contributed by atoms with Crippen LogP contribution in [0.25, 0.3) is 0 Å². The predicted molar refractivity (Wildman–Crippen MR) is 98.9 cm³/mol. The fourth-order valence-corrected chi connectivity index (χ4v) is 3.66. The van der Waals surface area contributed by atoms with Crippen LogP contribution in [0.4, 0.5) is 5.69 Å². The van der Waals surface area contributed by atoms with Crippen LogP contribution in [0, 0.1) is 0 Å². The van der Waals surface area contributed by atoms with Gasteiger partial charge in [-0.2, -0.15) is 5.10 Å². The Bertz CT molecular complexity index is 770. The van der Waals surface area contributed by atoms with Crippen molar-refractivity contribution < 1.29 is 4.74 Å². The fraction of sp³-hybridized carbons (Fsp3) is 0.412. The van der Waals surface area contributed by atoms with Gasteiger partial charge in [0.25, 0.3) is 5.56 Å². The van der Waals surface area contributed by atoms with E-state index in [-0.39, 0.29) is 11.0 Å². The van der Waals surface area contributed by atoms with Gasteiger partial charge in [-0.3, -0.25) is 4.79 Å². The van der Waals surface area contributed by atoms with Crippen molar-refractivity contribution in [3.05, 3.63) is 55.9 Å². The molecular formula is C17H19BrClN3O2. The summed E-state index contributed by atoms with van der Waals surface area (Å²) < 4.78 is 7.35. The Morgan fingerprint density at radius 2 is 2.00 bits per heavy atom. The summed E-state index contributed by atoms with van der Waals surface area (Å²) in [7, 11) is 1.63. The molecule has 0 saturated carbocycles. The lowest BCUT2D eigenvalue weighted by molar-refractivity contribution is 0.0544. The molecule has 7 heteroatoms. The van der Waals surface area contributed by atoms with E-state index in [2.05, 4.69) is 38.5 Å². The van der Waals surface area contributed by atoms with Crippen molar-refractivity contribution in [3.8, 4) is 0 Å². The lowest BCUT2D eigenvalue weighted by Crippen LogP contribution is -2.40. The van der Waals surface area contributed by atoms with Crippen molar-refractivity contribution in [2.45, 2.75) is 18.3 Å². The van der Waals surface area contributed by atoms with Gasteiger partial charge in [-0.1, -0.05) is 23.7 Å². The molecule has 128 valence electrons. The fourth-order valence-electron chi connectivity index (χ4n) is 3.03. The highest BCUT2D eigenvalue weighted by Crippen LogP contribution is 2.36. The standard InChI is InChI=1S/C17H19BrClN3O2/c1-22-16(23)15(18)14(10-21-22)20-11-17(6-8-24-9-7-17)12-2-4-13(19)5-3-12/h2-5,10,20H,6-9,11H2,1H3. The molecule has 1 aromatic heterocycles. The van der Waals surface area contributed by atoms with Gasteiger partial charge >= 0.3 is 0 Å². The zero-order valence-electron chi connectivity index (χ0n) is 13.4. The summed E-state index contributed by atoms with van der Waals surface area (Å²) in [4.78, 5) is 12.0. The molecule has 0 spiro atoms. The average Bonchev–Trinajstić information content (AvgIpc) is 2.60. The number of aromatic nitrogens is 2. The molecule has 0 unspecified atom stereocenters. The second-order valence-corrected chi connectivity index (χ2v) is 7.28. The normalized spacial score (nSPS) is 16.8. The molecule has 1 saturated heterocycles. The Labute approximate surface area is 154 Å². The number of nitrogens with one attached hydrogen (secondary N) is 1. The van der Waals surface area contributed by atoms with Crippen molar-refractivity contribution in [2.75, 3.05) is 25.1 Å². The quantitative estimate of drug-likeness (QED) is 0.837. The highest BCUT2D eigenvalue weighted by molar-refractivity contribution is 9.10. The number of anilines is 1. The first-order chi connectivity index (χ1) is 11.5. The molecule has 1 aliphatic rings. The molecule has 1 aliphatic heterocycles. The molecule has 24 heavy (non-hydrogen) atoms. The molecule has 0 aliphatic carbocycles. The SMILES string of the molecule is Cn1ncc(NCC2(c3ccc(Cl)cc3)CCOCC2)c(Br)c1=O. The van der Waals surface area contributed by atoms with Crippen LogP contribution >= 0.6 is 27.5 Å². The summed E-state index contributed by atoms with van der Waals surface area (Å²) in [6.07, 6.45) is 3.50. The Morgan fingerprint density at radius 3 is 2.67 bits per heavy atom. The maximum atomic E-state index is 12.0. The van der Waals surface area contributed by atoms with Gasteiger partial charge in [0.1, 0.15) is 4.47 Å². The summed E-state index contributed by atoms with van der Waals surface area (Å²) >= 11 is 9.39. The van der Waals surface area contributed by atoms with Gasteiger partial charge in [-0.15, -0.1) is 0 Å². The molecule has 1 fully saturated rings. The summed E-state index contributed by atoms with van der Waals surface area (Å²) in [5.74, 6) is 0. The highest BCUT2D eigenvalue weighted by atomic mass is 79.9. The minimum absolute atomic E-state index is 0.0522. The minimum atomic E-state index is -0.160. The molecule has 1 N–H and O–H groups in total. The Hall–Kier alpha value is -1.37. The van der Waals surface area contributed by atoms with Gasteiger partial charge in [0.2, 0.25) is 0 Å². The molecular weight excluding hydrogens is 394 g/mol. The van der Waals surface area contributed by atoms with E-state index < -0.39 is 0 Å². The molecule has 0 bridgehead atoms. The van der Waals surface area contributed by atoms with Crippen molar-refractivity contribution in [2.24, 2.45) is 7.05 Å². The molecule has 0 atom stereocenters. The minimum Gasteiger partial charge on any atom is -0.382 e. The monoisotopic (exact) mass is 411 g/mol. The smallest absolute Gasteiger partial charge is 0.282 e. The second-order valence-electron chi connectivity index (χ2n) is 6.05. The van der Waals surface area contributed by atoms with Gasteiger partial charge in [0.15, 0.2) is 0 Å². The van der Waals surface area contributed by atoms with Crippen LogP contribution in [-0.4, -0.2) is 29.5 Å². The van der Waals surface area contributed by atoms with Gasteiger partial charge in [0, 0.05) is 37.2 Å². The Morgan fingerprint density at radius 1 is 1.33 bits per heavy atom. The van der Waals surface area contributed by atoms with E-state index in [4.69, 9.17) is 16.3 Å². The molecule has 2 heterocycles. The maximum Gasteiger partial charge on any atom is 0.282 e. The summed E-state index contributed by atoms with van der Waals surface area (Å²) in [5.41, 5.74) is 1.73. The van der Waals surface area contributed by atoms with Gasteiger partial charge in [-0.05, 0) is 46.5 Å². The topological polar surface area (TPSA) is 56.1 Å². The lowest BCUT2D eigenvalue weighted by Gasteiger charge is -2.38. The third-order valence-corrected chi connectivity index (χ3v) is 5.62. The van der Waals surface area contributed by atoms with Crippen molar-refractivity contribution in [3.63, 3.8) is 0 Å². The van der Waals surface area contributed by atoms with Crippen LogP contribution in [0.3, 0.4) is 0 Å². The number of aryl methyl sites for hydroxylation is 1. The third-order valence-electron chi connectivity index (χ3n) is 4.60. The van der Waals surface area contributed by atoms with E-state index in [0.717, 1.165) is 31.1 Å². The largest absolute Gasteiger partial charge is 0.382 e. The first kappa shape index (κ1) is 17.5. The van der Waals surface area contributed by atoms with E-state index in [0.29, 0.717) is 16.7 Å². The maximum absolute atomic E-state index is 12.0. The number of rotatable bonds is 4. The average molecular weight is 413 g/mol. The molecule has 5 nitrogen and oxygen atoms in total. The van der Waals surface area contributed by atoms with E-state index in [9.17, 15) is 4.79 Å². The van der Waals surface area contributed by atoms with Crippen LogP contribution < -0.4 is 10.9 Å². The van der Waals surface area contributed by atoms with E-state index in [1.165, 1.54) is 10.2 Å². The molecule has 2 aromatic rings. The van der Waals surface area contributed by atoms with Gasteiger partial charge in [-0.25, -0.2) is 4.68 Å². The van der Waals surface area contributed by atoms with E-state index >= 15 is 0 Å². The van der Waals surface area contributed by atoms with Crippen molar-refractivity contribution >= 4 is 33.2 Å². The number of halogens is 2.